The topological polar surface area (TPSA) is 117 Å². The number of hydrogen-bond acceptors (Lipinski definition) is 5. The van der Waals surface area contributed by atoms with Crippen LogP contribution in [0, 0.1) is 0 Å². The molecule has 0 spiro atoms. The SMILES string of the molecule is CS(=O)(=O)NCc1ccc(C(=O)N(CC(=O)O)Cc2ccccc2)o1. The van der Waals surface area contributed by atoms with E-state index in [9.17, 15) is 18.0 Å². The van der Waals surface area contributed by atoms with Crippen molar-refractivity contribution in [2.24, 2.45) is 0 Å². The van der Waals surface area contributed by atoms with Crippen molar-refractivity contribution in [1.29, 1.82) is 0 Å². The van der Waals surface area contributed by atoms with Crippen LogP contribution in [0.4, 0.5) is 0 Å². The second-order valence-corrected chi connectivity index (χ2v) is 7.23. The van der Waals surface area contributed by atoms with Crippen LogP contribution in [0.25, 0.3) is 0 Å². The van der Waals surface area contributed by atoms with Gasteiger partial charge in [0, 0.05) is 6.54 Å². The maximum atomic E-state index is 12.5. The van der Waals surface area contributed by atoms with Crippen LogP contribution in [0.1, 0.15) is 21.9 Å². The summed E-state index contributed by atoms with van der Waals surface area (Å²) in [7, 11) is -3.39. The molecule has 2 aromatic rings. The van der Waals surface area contributed by atoms with Gasteiger partial charge >= 0.3 is 5.97 Å². The number of carbonyl (C=O) groups is 2. The summed E-state index contributed by atoms with van der Waals surface area (Å²) in [5, 5.41) is 9.04. The van der Waals surface area contributed by atoms with Gasteiger partial charge in [0.05, 0.1) is 12.8 Å². The number of nitrogens with zero attached hydrogens (tertiary/aromatic N) is 1. The molecule has 0 aliphatic heterocycles. The molecule has 0 atom stereocenters. The van der Waals surface area contributed by atoms with Crippen LogP contribution in [-0.2, 0) is 27.9 Å². The lowest BCUT2D eigenvalue weighted by molar-refractivity contribution is -0.137. The Morgan fingerprint density at radius 1 is 1.16 bits per heavy atom. The van der Waals surface area contributed by atoms with Crippen LogP contribution in [0.2, 0.25) is 0 Å². The Morgan fingerprint density at radius 2 is 1.84 bits per heavy atom. The largest absolute Gasteiger partial charge is 0.480 e. The second kappa shape index (κ2) is 7.95. The predicted molar refractivity (Wildman–Crippen MR) is 89.2 cm³/mol. The summed E-state index contributed by atoms with van der Waals surface area (Å²) in [6, 6.07) is 11.8. The Morgan fingerprint density at radius 3 is 2.44 bits per heavy atom. The molecule has 8 nitrogen and oxygen atoms in total. The maximum absolute atomic E-state index is 12.5. The van der Waals surface area contributed by atoms with E-state index in [1.165, 1.54) is 12.1 Å². The summed E-state index contributed by atoms with van der Waals surface area (Å²) in [6.45, 7) is -0.460. The van der Waals surface area contributed by atoms with E-state index in [1.54, 1.807) is 24.3 Å². The van der Waals surface area contributed by atoms with E-state index in [0.29, 0.717) is 0 Å². The minimum Gasteiger partial charge on any atom is -0.480 e. The van der Waals surface area contributed by atoms with Crippen LogP contribution in [0.5, 0.6) is 0 Å². The van der Waals surface area contributed by atoms with Crippen LogP contribution < -0.4 is 4.72 Å². The lowest BCUT2D eigenvalue weighted by Gasteiger charge is -2.19. The highest BCUT2D eigenvalue weighted by Crippen LogP contribution is 2.13. The van der Waals surface area contributed by atoms with Crippen molar-refractivity contribution in [3.8, 4) is 0 Å². The summed E-state index contributed by atoms with van der Waals surface area (Å²) in [6.07, 6.45) is 1.01. The molecule has 0 unspecified atom stereocenters. The maximum Gasteiger partial charge on any atom is 0.323 e. The van der Waals surface area contributed by atoms with Crippen molar-refractivity contribution in [1.82, 2.24) is 9.62 Å². The van der Waals surface area contributed by atoms with E-state index in [4.69, 9.17) is 9.52 Å². The van der Waals surface area contributed by atoms with E-state index < -0.39 is 28.4 Å². The molecular weight excluding hydrogens is 348 g/mol. The summed E-state index contributed by atoms with van der Waals surface area (Å²) in [5.74, 6) is -1.53. The standard InChI is InChI=1S/C16H18N2O6S/c1-25(22,23)17-9-13-7-8-14(24-13)16(21)18(11-15(19)20)10-12-5-3-2-4-6-12/h2-8,17H,9-11H2,1H3,(H,19,20). The zero-order chi connectivity index (χ0) is 18.4. The fourth-order valence-electron chi connectivity index (χ4n) is 2.11. The molecule has 0 aliphatic carbocycles. The van der Waals surface area contributed by atoms with Crippen molar-refractivity contribution in [3.05, 3.63) is 59.5 Å². The van der Waals surface area contributed by atoms with Crippen LogP contribution >= 0.6 is 0 Å². The van der Waals surface area contributed by atoms with Gasteiger partial charge in [0.25, 0.3) is 5.91 Å². The van der Waals surface area contributed by atoms with Gasteiger partial charge in [0.15, 0.2) is 5.76 Å². The van der Waals surface area contributed by atoms with E-state index in [0.717, 1.165) is 16.7 Å². The van der Waals surface area contributed by atoms with E-state index in [1.807, 2.05) is 6.07 Å². The molecule has 0 saturated heterocycles. The van der Waals surface area contributed by atoms with Crippen LogP contribution in [0.3, 0.4) is 0 Å². The Balaban J connectivity index is 2.13. The second-order valence-electron chi connectivity index (χ2n) is 5.40. The third-order valence-corrected chi connectivity index (χ3v) is 3.88. The molecule has 1 aromatic carbocycles. The number of furan rings is 1. The number of carbonyl (C=O) groups excluding carboxylic acids is 1. The van der Waals surface area contributed by atoms with Gasteiger partial charge in [-0.25, -0.2) is 13.1 Å². The summed E-state index contributed by atoms with van der Waals surface area (Å²) < 4.78 is 29.8. The monoisotopic (exact) mass is 366 g/mol. The molecule has 1 aromatic heterocycles. The van der Waals surface area contributed by atoms with Crippen molar-refractivity contribution < 1.29 is 27.5 Å². The van der Waals surface area contributed by atoms with Gasteiger partial charge in [0.1, 0.15) is 12.3 Å². The first-order valence-corrected chi connectivity index (χ1v) is 9.22. The van der Waals surface area contributed by atoms with Crippen molar-refractivity contribution >= 4 is 21.9 Å². The molecule has 2 N–H and O–H groups in total. The first-order valence-electron chi connectivity index (χ1n) is 7.33. The smallest absolute Gasteiger partial charge is 0.323 e. The number of carboxylic acid groups (broad SMARTS) is 1. The molecule has 1 heterocycles. The third-order valence-electron chi connectivity index (χ3n) is 3.21. The minimum absolute atomic E-state index is 0.0533. The molecule has 0 radical (unpaired) electrons. The minimum atomic E-state index is -3.39. The number of rotatable bonds is 8. The van der Waals surface area contributed by atoms with Gasteiger partial charge in [-0.15, -0.1) is 0 Å². The summed E-state index contributed by atoms with van der Waals surface area (Å²) >= 11 is 0. The number of nitrogens with one attached hydrogen (secondary N) is 1. The Bertz CT molecular complexity index is 845. The third kappa shape index (κ3) is 6.05. The highest BCUT2D eigenvalue weighted by atomic mass is 32.2. The van der Waals surface area contributed by atoms with E-state index >= 15 is 0 Å². The number of amides is 1. The molecule has 9 heteroatoms. The Kier molecular flexibility index (Phi) is 5.94. The normalized spacial score (nSPS) is 11.2. The zero-order valence-electron chi connectivity index (χ0n) is 13.5. The molecule has 0 fully saturated rings. The molecule has 0 aliphatic rings. The lowest BCUT2D eigenvalue weighted by Crippen LogP contribution is -2.35. The zero-order valence-corrected chi connectivity index (χ0v) is 14.3. The molecule has 2 rings (SSSR count). The van der Waals surface area contributed by atoms with Gasteiger partial charge in [-0.3, -0.25) is 9.59 Å². The molecule has 1 amide bonds. The van der Waals surface area contributed by atoms with E-state index in [-0.39, 0.29) is 24.6 Å². The highest BCUT2D eigenvalue weighted by Gasteiger charge is 2.22. The van der Waals surface area contributed by atoms with Crippen molar-refractivity contribution in [3.63, 3.8) is 0 Å². The number of sulfonamides is 1. The molecule has 0 saturated carbocycles. The van der Waals surface area contributed by atoms with Crippen molar-refractivity contribution in [2.75, 3.05) is 12.8 Å². The Labute approximate surface area is 145 Å². The van der Waals surface area contributed by atoms with Gasteiger partial charge in [-0.05, 0) is 17.7 Å². The van der Waals surface area contributed by atoms with Gasteiger partial charge in [-0.1, -0.05) is 30.3 Å². The van der Waals surface area contributed by atoms with E-state index in [2.05, 4.69) is 4.72 Å². The van der Waals surface area contributed by atoms with Gasteiger partial charge in [-0.2, -0.15) is 0 Å². The summed E-state index contributed by atoms with van der Waals surface area (Å²) in [5.41, 5.74) is 0.780. The quantitative estimate of drug-likeness (QED) is 0.721. The molecule has 134 valence electrons. The fourth-order valence-corrected chi connectivity index (χ4v) is 2.52. The van der Waals surface area contributed by atoms with Gasteiger partial charge in [0.2, 0.25) is 10.0 Å². The average molecular weight is 366 g/mol. The summed E-state index contributed by atoms with van der Waals surface area (Å²) in [4.78, 5) is 24.7. The molecular formula is C16H18N2O6S. The number of carboxylic acids is 1. The Hall–Kier alpha value is -2.65. The van der Waals surface area contributed by atoms with Gasteiger partial charge < -0.3 is 14.4 Å². The van der Waals surface area contributed by atoms with Crippen molar-refractivity contribution in [2.45, 2.75) is 13.1 Å². The lowest BCUT2D eigenvalue weighted by atomic mass is 10.2. The number of benzene rings is 1. The number of hydrogen-bond donors (Lipinski definition) is 2. The van der Waals surface area contributed by atoms with Crippen LogP contribution in [-0.4, -0.2) is 43.1 Å². The molecule has 25 heavy (non-hydrogen) atoms. The highest BCUT2D eigenvalue weighted by molar-refractivity contribution is 7.88. The number of aliphatic carboxylic acids is 1. The molecule has 0 bridgehead atoms. The van der Waals surface area contributed by atoms with Crippen LogP contribution in [0.15, 0.2) is 46.9 Å². The fraction of sp³-hybridized carbons (Fsp3) is 0.250. The predicted octanol–water partition coefficient (Wildman–Crippen LogP) is 1.06. The first kappa shape index (κ1) is 18.7. The first-order chi connectivity index (χ1) is 11.7. The average Bonchev–Trinajstić information content (AvgIpc) is 3.00.